The summed E-state index contributed by atoms with van der Waals surface area (Å²) >= 11 is 3.35. The summed E-state index contributed by atoms with van der Waals surface area (Å²) in [6.45, 7) is 1.64. The highest BCUT2D eigenvalue weighted by atomic mass is 79.9. The van der Waals surface area contributed by atoms with E-state index in [-0.39, 0.29) is 16.9 Å². The Morgan fingerprint density at radius 1 is 1.15 bits per heavy atom. The molecule has 27 heavy (non-hydrogen) atoms. The number of ether oxygens (including phenoxy) is 3. The molecule has 7 nitrogen and oxygen atoms in total. The van der Waals surface area contributed by atoms with E-state index in [0.29, 0.717) is 26.9 Å². The van der Waals surface area contributed by atoms with E-state index in [1.54, 1.807) is 31.2 Å². The molecule has 0 aliphatic heterocycles. The molecule has 140 valence electrons. The van der Waals surface area contributed by atoms with Crippen molar-refractivity contribution in [2.45, 2.75) is 13.0 Å². The summed E-state index contributed by atoms with van der Waals surface area (Å²) in [4.78, 5) is 31.8. The Bertz CT molecular complexity index is 1040. The summed E-state index contributed by atoms with van der Waals surface area (Å²) in [7, 11) is 2.97. The number of nitrogens with one attached hydrogen (secondary N) is 1. The van der Waals surface area contributed by atoms with Crippen LogP contribution >= 0.6 is 15.9 Å². The smallest absolute Gasteiger partial charge is 0.339 e. The lowest BCUT2D eigenvalue weighted by atomic mass is 10.2. The van der Waals surface area contributed by atoms with Gasteiger partial charge < -0.3 is 19.2 Å². The molecule has 0 amide bonds. The SMILES string of the molecule is COc1cc(C(=O)OC(C)c2nc3ccccc3c(=O)[nH]2)cc(OC)c1Br. The minimum atomic E-state index is -0.754. The van der Waals surface area contributed by atoms with Crippen LogP contribution in [0.1, 0.15) is 29.2 Å². The number of carbonyl (C=O) groups excluding carboxylic acids is 1. The van der Waals surface area contributed by atoms with Gasteiger partial charge in [0.05, 0.1) is 30.7 Å². The Hall–Kier alpha value is -2.87. The van der Waals surface area contributed by atoms with Gasteiger partial charge in [0.1, 0.15) is 16.0 Å². The molecular weight excluding hydrogens is 416 g/mol. The number of nitrogens with zero attached hydrogens (tertiary/aromatic N) is 1. The van der Waals surface area contributed by atoms with Crippen LogP contribution in [0.25, 0.3) is 10.9 Å². The Morgan fingerprint density at radius 3 is 2.41 bits per heavy atom. The molecule has 0 bridgehead atoms. The van der Waals surface area contributed by atoms with Crippen LogP contribution in [-0.4, -0.2) is 30.2 Å². The maximum Gasteiger partial charge on any atom is 0.339 e. The third kappa shape index (κ3) is 3.80. The molecule has 0 radical (unpaired) electrons. The summed E-state index contributed by atoms with van der Waals surface area (Å²) < 4.78 is 16.5. The molecule has 8 heteroatoms. The molecular formula is C19H17BrN2O5. The van der Waals surface area contributed by atoms with Crippen molar-refractivity contribution >= 4 is 32.8 Å². The normalized spacial score (nSPS) is 11.9. The molecule has 0 spiro atoms. The van der Waals surface area contributed by atoms with Gasteiger partial charge in [0.15, 0.2) is 11.9 Å². The highest BCUT2D eigenvalue weighted by Crippen LogP contribution is 2.36. The van der Waals surface area contributed by atoms with Gasteiger partial charge in [-0.25, -0.2) is 9.78 Å². The molecule has 1 unspecified atom stereocenters. The van der Waals surface area contributed by atoms with Crippen LogP contribution in [0.3, 0.4) is 0 Å². The Morgan fingerprint density at radius 2 is 1.78 bits per heavy atom. The average molecular weight is 433 g/mol. The number of carbonyl (C=O) groups is 1. The largest absolute Gasteiger partial charge is 0.495 e. The Balaban J connectivity index is 1.89. The van der Waals surface area contributed by atoms with Gasteiger partial charge in [-0.15, -0.1) is 0 Å². The van der Waals surface area contributed by atoms with E-state index >= 15 is 0 Å². The van der Waals surface area contributed by atoms with Crippen LogP contribution in [0.5, 0.6) is 11.5 Å². The molecule has 3 rings (SSSR count). The van der Waals surface area contributed by atoms with Gasteiger partial charge in [-0.05, 0) is 47.1 Å². The van der Waals surface area contributed by atoms with Crippen LogP contribution in [0, 0.1) is 0 Å². The number of hydrogen-bond acceptors (Lipinski definition) is 6. The quantitative estimate of drug-likeness (QED) is 0.619. The van der Waals surface area contributed by atoms with Crippen molar-refractivity contribution in [1.82, 2.24) is 9.97 Å². The van der Waals surface area contributed by atoms with Crippen LogP contribution in [0.15, 0.2) is 45.7 Å². The molecule has 3 aromatic rings. The molecule has 1 aromatic heterocycles. The molecule has 0 fully saturated rings. The molecule has 0 saturated carbocycles. The molecule has 0 aliphatic rings. The highest BCUT2D eigenvalue weighted by molar-refractivity contribution is 9.10. The van der Waals surface area contributed by atoms with E-state index in [4.69, 9.17) is 14.2 Å². The van der Waals surface area contributed by atoms with Crippen molar-refractivity contribution < 1.29 is 19.0 Å². The van der Waals surface area contributed by atoms with Gasteiger partial charge in [0.25, 0.3) is 5.56 Å². The number of fused-ring (bicyclic) bond motifs is 1. The molecule has 1 atom stereocenters. The predicted molar refractivity (Wildman–Crippen MR) is 103 cm³/mol. The second-order valence-electron chi connectivity index (χ2n) is 5.71. The van der Waals surface area contributed by atoms with Crippen molar-refractivity contribution in [1.29, 1.82) is 0 Å². The van der Waals surface area contributed by atoms with Crippen molar-refractivity contribution in [3.05, 3.63) is 62.6 Å². The van der Waals surface area contributed by atoms with Gasteiger partial charge >= 0.3 is 5.97 Å². The van der Waals surface area contributed by atoms with E-state index in [2.05, 4.69) is 25.9 Å². The van der Waals surface area contributed by atoms with Crippen LogP contribution < -0.4 is 15.0 Å². The maximum atomic E-state index is 12.6. The van der Waals surface area contributed by atoms with Crippen molar-refractivity contribution in [3.63, 3.8) is 0 Å². The number of benzene rings is 2. The third-order valence-corrected chi connectivity index (χ3v) is 4.76. The van der Waals surface area contributed by atoms with Gasteiger partial charge in [-0.2, -0.15) is 0 Å². The third-order valence-electron chi connectivity index (χ3n) is 3.98. The summed E-state index contributed by atoms with van der Waals surface area (Å²) in [5.41, 5.74) is 0.499. The summed E-state index contributed by atoms with van der Waals surface area (Å²) in [6, 6.07) is 10.0. The van der Waals surface area contributed by atoms with E-state index in [1.165, 1.54) is 26.4 Å². The first kappa shape index (κ1) is 18.9. The highest BCUT2D eigenvalue weighted by Gasteiger charge is 2.20. The zero-order valence-electron chi connectivity index (χ0n) is 14.9. The van der Waals surface area contributed by atoms with Crippen LogP contribution in [-0.2, 0) is 4.74 Å². The zero-order valence-corrected chi connectivity index (χ0v) is 16.5. The molecule has 0 saturated heterocycles. The summed E-state index contributed by atoms with van der Waals surface area (Å²) in [6.07, 6.45) is -0.754. The lowest BCUT2D eigenvalue weighted by Gasteiger charge is -2.15. The first-order valence-electron chi connectivity index (χ1n) is 8.06. The second kappa shape index (κ2) is 7.79. The van der Waals surface area contributed by atoms with Crippen LogP contribution in [0.2, 0.25) is 0 Å². The molecule has 0 aliphatic carbocycles. The lowest BCUT2D eigenvalue weighted by Crippen LogP contribution is -2.17. The van der Waals surface area contributed by atoms with Gasteiger partial charge in [0, 0.05) is 0 Å². The number of para-hydroxylation sites is 1. The number of aromatic amines is 1. The zero-order chi connectivity index (χ0) is 19.6. The van der Waals surface area contributed by atoms with Gasteiger partial charge in [-0.3, -0.25) is 4.79 Å². The first-order chi connectivity index (χ1) is 12.9. The number of H-pyrrole nitrogens is 1. The van der Waals surface area contributed by atoms with Gasteiger partial charge in [0.2, 0.25) is 0 Å². The lowest BCUT2D eigenvalue weighted by molar-refractivity contribution is 0.0319. The molecule has 2 aromatic carbocycles. The van der Waals surface area contributed by atoms with E-state index in [0.717, 1.165) is 0 Å². The van der Waals surface area contributed by atoms with E-state index < -0.39 is 12.1 Å². The van der Waals surface area contributed by atoms with E-state index in [9.17, 15) is 9.59 Å². The minimum Gasteiger partial charge on any atom is -0.495 e. The summed E-state index contributed by atoms with van der Waals surface area (Å²) in [5, 5.41) is 0.474. The molecule has 1 N–H and O–H groups in total. The fraction of sp³-hybridized carbons (Fsp3) is 0.211. The monoisotopic (exact) mass is 432 g/mol. The number of hydrogen-bond donors (Lipinski definition) is 1. The van der Waals surface area contributed by atoms with Crippen LogP contribution in [0.4, 0.5) is 0 Å². The fourth-order valence-electron chi connectivity index (χ4n) is 2.57. The number of aromatic nitrogens is 2. The van der Waals surface area contributed by atoms with Crippen molar-refractivity contribution in [3.8, 4) is 11.5 Å². The standard InChI is InChI=1S/C19H17BrN2O5/c1-10(17-21-13-7-5-4-6-12(13)18(23)22-17)27-19(24)11-8-14(25-2)16(20)15(9-11)26-3/h4-10H,1-3H3,(H,21,22,23). The number of rotatable bonds is 5. The Kier molecular flexibility index (Phi) is 5.46. The maximum absolute atomic E-state index is 12.6. The minimum absolute atomic E-state index is 0.252. The second-order valence-corrected chi connectivity index (χ2v) is 6.50. The number of esters is 1. The predicted octanol–water partition coefficient (Wildman–Crippen LogP) is 3.62. The van der Waals surface area contributed by atoms with Gasteiger partial charge in [-0.1, -0.05) is 12.1 Å². The van der Waals surface area contributed by atoms with Crippen molar-refractivity contribution in [2.24, 2.45) is 0 Å². The van der Waals surface area contributed by atoms with Crippen molar-refractivity contribution in [2.75, 3.05) is 14.2 Å². The number of halogens is 1. The average Bonchev–Trinajstić information content (AvgIpc) is 2.68. The first-order valence-corrected chi connectivity index (χ1v) is 8.85. The summed E-state index contributed by atoms with van der Waals surface area (Å²) in [5.74, 6) is 0.544. The topological polar surface area (TPSA) is 90.5 Å². The fourth-order valence-corrected chi connectivity index (χ4v) is 3.12. The molecule has 1 heterocycles. The number of methoxy groups -OCH3 is 2. The Labute approximate surface area is 163 Å². The van der Waals surface area contributed by atoms with E-state index in [1.807, 2.05) is 0 Å².